The summed E-state index contributed by atoms with van der Waals surface area (Å²) in [5.74, 6) is -2.83. The third kappa shape index (κ3) is 2.14. The average Bonchev–Trinajstić information content (AvgIpc) is 3.07. The second-order valence-electron chi connectivity index (χ2n) is 7.69. The number of ether oxygens (including phenoxy) is 1. The van der Waals surface area contributed by atoms with Gasteiger partial charge in [-0.25, -0.2) is 9.74 Å². The van der Waals surface area contributed by atoms with Gasteiger partial charge in [0, 0.05) is 11.7 Å². The zero-order valence-electron chi connectivity index (χ0n) is 14.5. The second kappa shape index (κ2) is 5.09. The number of amides is 2. The summed E-state index contributed by atoms with van der Waals surface area (Å²) < 4.78 is 45.8. The Morgan fingerprint density at radius 2 is 1.89 bits per heavy atom. The molecule has 0 radical (unpaired) electrons. The van der Waals surface area contributed by atoms with E-state index in [0.717, 1.165) is 11.0 Å². The number of benzene rings is 1. The van der Waals surface area contributed by atoms with Crippen LogP contribution in [0.2, 0.25) is 0 Å². The molecule has 3 heterocycles. The molecule has 3 aliphatic heterocycles. The number of anilines is 1. The van der Waals surface area contributed by atoms with Gasteiger partial charge in [-0.2, -0.15) is 13.2 Å². The Morgan fingerprint density at radius 1 is 1.26 bits per heavy atom. The number of imide groups is 1. The predicted molar refractivity (Wildman–Crippen MR) is 87.7 cm³/mol. The van der Waals surface area contributed by atoms with Crippen molar-refractivity contribution in [1.82, 2.24) is 0 Å². The van der Waals surface area contributed by atoms with Gasteiger partial charge in [-0.15, -0.1) is 0 Å². The van der Waals surface area contributed by atoms with Gasteiger partial charge >= 0.3 is 6.18 Å². The van der Waals surface area contributed by atoms with Gasteiger partial charge < -0.3 is 10.5 Å². The van der Waals surface area contributed by atoms with Gasteiger partial charge in [0.15, 0.2) is 5.69 Å². The SMILES string of the molecule is [C-]#[N+]c1ccc(N2C(=O)[C@@H]3[C@H](C2=O)C2(C)OC3(C)C[C@@H]2N)cc1C(F)(F)F. The molecule has 0 aliphatic carbocycles. The molecule has 5 atom stereocenters. The smallest absolute Gasteiger partial charge is 0.366 e. The fourth-order valence-electron chi connectivity index (χ4n) is 4.85. The third-order valence-electron chi connectivity index (χ3n) is 6.06. The Kier molecular flexibility index (Phi) is 3.38. The van der Waals surface area contributed by atoms with Gasteiger partial charge in [0.05, 0.1) is 35.2 Å². The van der Waals surface area contributed by atoms with Crippen LogP contribution in [0.3, 0.4) is 0 Å². The van der Waals surface area contributed by atoms with Crippen LogP contribution in [0.25, 0.3) is 4.85 Å². The summed E-state index contributed by atoms with van der Waals surface area (Å²) in [7, 11) is 0. The fourth-order valence-corrected chi connectivity index (χ4v) is 4.85. The van der Waals surface area contributed by atoms with Crippen molar-refractivity contribution in [2.24, 2.45) is 17.6 Å². The van der Waals surface area contributed by atoms with Crippen molar-refractivity contribution < 1.29 is 27.5 Å². The molecule has 6 nitrogen and oxygen atoms in total. The molecule has 27 heavy (non-hydrogen) atoms. The van der Waals surface area contributed by atoms with Crippen LogP contribution < -0.4 is 10.6 Å². The van der Waals surface area contributed by atoms with E-state index in [9.17, 15) is 22.8 Å². The van der Waals surface area contributed by atoms with E-state index in [-0.39, 0.29) is 5.69 Å². The van der Waals surface area contributed by atoms with Gasteiger partial charge in [-0.1, -0.05) is 6.07 Å². The molecule has 9 heteroatoms. The van der Waals surface area contributed by atoms with Crippen LogP contribution in [0.5, 0.6) is 0 Å². The average molecular weight is 379 g/mol. The van der Waals surface area contributed by atoms with Gasteiger partial charge in [0.1, 0.15) is 0 Å². The van der Waals surface area contributed by atoms with Crippen LogP contribution in [0, 0.1) is 18.4 Å². The number of hydrogen-bond donors (Lipinski definition) is 1. The van der Waals surface area contributed by atoms with Gasteiger partial charge in [-0.3, -0.25) is 9.59 Å². The molecule has 2 amide bonds. The van der Waals surface area contributed by atoms with Crippen molar-refractivity contribution in [3.05, 3.63) is 35.2 Å². The molecule has 0 saturated carbocycles. The van der Waals surface area contributed by atoms with Gasteiger partial charge in [-0.05, 0) is 32.4 Å². The number of hydrogen-bond acceptors (Lipinski definition) is 4. The lowest BCUT2D eigenvalue weighted by Crippen LogP contribution is -2.53. The Bertz CT molecular complexity index is 925. The Morgan fingerprint density at radius 3 is 2.48 bits per heavy atom. The summed E-state index contributed by atoms with van der Waals surface area (Å²) >= 11 is 0. The van der Waals surface area contributed by atoms with Crippen LogP contribution in [-0.2, 0) is 20.5 Å². The maximum absolute atomic E-state index is 13.3. The summed E-state index contributed by atoms with van der Waals surface area (Å²) in [5, 5.41) is 0. The zero-order chi connectivity index (χ0) is 19.9. The first-order valence-electron chi connectivity index (χ1n) is 8.36. The fraction of sp³-hybridized carbons (Fsp3) is 0.500. The lowest BCUT2D eigenvalue weighted by Gasteiger charge is -2.32. The molecule has 3 fully saturated rings. The number of carbonyl (C=O) groups is 2. The summed E-state index contributed by atoms with van der Waals surface area (Å²) in [5.41, 5.74) is 2.19. The van der Waals surface area contributed by atoms with Crippen LogP contribution in [0.4, 0.5) is 24.5 Å². The van der Waals surface area contributed by atoms with Gasteiger partial charge in [0.2, 0.25) is 11.8 Å². The maximum atomic E-state index is 13.3. The van der Waals surface area contributed by atoms with Crippen molar-refractivity contribution in [1.29, 1.82) is 0 Å². The van der Waals surface area contributed by atoms with Crippen LogP contribution in [0.1, 0.15) is 25.8 Å². The number of nitrogens with zero attached hydrogens (tertiary/aromatic N) is 2. The highest BCUT2D eigenvalue weighted by Gasteiger charge is 2.75. The number of alkyl halides is 3. The summed E-state index contributed by atoms with van der Waals surface area (Å²) in [6.07, 6.45) is -4.39. The first-order chi connectivity index (χ1) is 12.4. The van der Waals surface area contributed by atoms with Gasteiger partial charge in [0.25, 0.3) is 0 Å². The molecular weight excluding hydrogens is 363 g/mol. The summed E-state index contributed by atoms with van der Waals surface area (Å²) in [6, 6.07) is 2.39. The number of fused-ring (bicyclic) bond motifs is 5. The largest absolute Gasteiger partial charge is 0.407 e. The first kappa shape index (κ1) is 17.9. The standard InChI is InChI=1S/C18H16F3N3O3/c1-16-7-11(22)17(2,27-16)13-12(16)14(25)24(15(13)26)8-4-5-10(23-3)9(6-8)18(19,20)21/h4-6,11-13H,7,22H2,1-2H3/t11-,12-,13+,16?,17?/m0/s1. The van der Waals surface area contributed by atoms with E-state index in [1.54, 1.807) is 13.8 Å². The summed E-state index contributed by atoms with van der Waals surface area (Å²) in [4.78, 5) is 29.7. The molecule has 2 unspecified atom stereocenters. The van der Waals surface area contributed by atoms with Crippen LogP contribution in [-0.4, -0.2) is 29.1 Å². The van der Waals surface area contributed by atoms with Crippen LogP contribution in [0.15, 0.2) is 18.2 Å². The van der Waals surface area contributed by atoms with Crippen molar-refractivity contribution >= 4 is 23.2 Å². The van der Waals surface area contributed by atoms with Crippen LogP contribution >= 0.6 is 0 Å². The summed E-state index contributed by atoms with van der Waals surface area (Å²) in [6.45, 7) is 10.3. The minimum absolute atomic E-state index is 0.195. The van der Waals surface area contributed by atoms with Crippen molar-refractivity contribution in [2.45, 2.75) is 43.7 Å². The third-order valence-corrected chi connectivity index (χ3v) is 6.06. The Labute approximate surface area is 152 Å². The molecule has 2 bridgehead atoms. The molecular formula is C18H16F3N3O3. The molecule has 2 N–H and O–H groups in total. The molecule has 3 saturated heterocycles. The maximum Gasteiger partial charge on any atom is 0.407 e. The minimum Gasteiger partial charge on any atom is -0.366 e. The predicted octanol–water partition coefficient (Wildman–Crippen LogP) is 2.64. The molecule has 1 aromatic carbocycles. The molecule has 3 aliphatic rings. The lowest BCUT2D eigenvalue weighted by atomic mass is 9.67. The monoisotopic (exact) mass is 379 g/mol. The highest BCUT2D eigenvalue weighted by molar-refractivity contribution is 6.23. The molecule has 0 spiro atoms. The van der Waals surface area contributed by atoms with E-state index >= 15 is 0 Å². The number of carbonyl (C=O) groups excluding carboxylic acids is 2. The second-order valence-corrected chi connectivity index (χ2v) is 7.69. The zero-order valence-corrected chi connectivity index (χ0v) is 14.5. The number of rotatable bonds is 1. The van der Waals surface area contributed by atoms with E-state index in [0.29, 0.717) is 12.5 Å². The number of halogens is 3. The minimum atomic E-state index is -4.78. The molecule has 4 rings (SSSR count). The van der Waals surface area contributed by atoms with E-state index in [4.69, 9.17) is 17.0 Å². The van der Waals surface area contributed by atoms with Crippen molar-refractivity contribution in [2.75, 3.05) is 4.90 Å². The number of nitrogens with two attached hydrogens (primary N) is 1. The van der Waals surface area contributed by atoms with E-state index in [1.807, 2.05) is 0 Å². The van der Waals surface area contributed by atoms with Crippen molar-refractivity contribution in [3.63, 3.8) is 0 Å². The van der Waals surface area contributed by atoms with E-state index in [2.05, 4.69) is 4.85 Å². The normalized spacial score (nSPS) is 37.7. The first-order valence-corrected chi connectivity index (χ1v) is 8.36. The lowest BCUT2D eigenvalue weighted by molar-refractivity contribution is -0.137. The van der Waals surface area contributed by atoms with E-state index in [1.165, 1.54) is 6.07 Å². The Balaban J connectivity index is 1.81. The highest BCUT2D eigenvalue weighted by Crippen LogP contribution is 2.60. The quantitative estimate of drug-likeness (QED) is 0.601. The van der Waals surface area contributed by atoms with E-state index < -0.39 is 58.3 Å². The topological polar surface area (TPSA) is 77.0 Å². The Hall–Kier alpha value is -2.44. The molecule has 142 valence electrons. The molecule has 1 aromatic rings. The molecule has 0 aromatic heterocycles. The van der Waals surface area contributed by atoms with Crippen molar-refractivity contribution in [3.8, 4) is 0 Å². The highest BCUT2D eigenvalue weighted by atomic mass is 19.4.